The van der Waals surface area contributed by atoms with E-state index in [1.165, 1.54) is 0 Å². The number of aliphatic carboxylic acids is 1. The van der Waals surface area contributed by atoms with Crippen LogP contribution in [0.1, 0.15) is 46.0 Å². The van der Waals surface area contributed by atoms with E-state index in [1.807, 2.05) is 0 Å². The van der Waals surface area contributed by atoms with Crippen LogP contribution in [0.3, 0.4) is 0 Å². The second-order valence-corrected chi connectivity index (χ2v) is 5.54. The average molecular weight is 237 g/mol. The number of hydrogen-bond acceptors (Lipinski definition) is 2. The van der Waals surface area contributed by atoms with E-state index in [0.29, 0.717) is 31.2 Å². The summed E-state index contributed by atoms with van der Waals surface area (Å²) >= 11 is 0. The number of carboxylic acids is 1. The van der Waals surface area contributed by atoms with Crippen molar-refractivity contribution in [3.63, 3.8) is 0 Å². The topological polar surface area (TPSA) is 49.3 Å². The molecule has 0 aliphatic heterocycles. The first-order chi connectivity index (χ1) is 8.00. The van der Waals surface area contributed by atoms with Crippen LogP contribution in [-0.2, 0) is 4.79 Å². The number of carboxylic acid groups (broad SMARTS) is 1. The van der Waals surface area contributed by atoms with E-state index in [-0.39, 0.29) is 0 Å². The number of nitrogens with one attached hydrogen (secondary N) is 1. The summed E-state index contributed by atoms with van der Waals surface area (Å²) in [5.41, 5.74) is -0.788. The Morgan fingerprint density at radius 2 is 2.35 bits per heavy atom. The van der Waals surface area contributed by atoms with Crippen molar-refractivity contribution in [2.75, 3.05) is 6.54 Å². The Bertz CT molecular complexity index is 306. The van der Waals surface area contributed by atoms with Crippen molar-refractivity contribution in [1.82, 2.24) is 5.32 Å². The Kier molecular flexibility index (Phi) is 5.02. The molecule has 96 valence electrons. The number of hydrogen-bond donors (Lipinski definition) is 2. The van der Waals surface area contributed by atoms with Gasteiger partial charge in [0, 0.05) is 0 Å². The van der Waals surface area contributed by atoms with Crippen LogP contribution in [0.2, 0.25) is 0 Å². The van der Waals surface area contributed by atoms with Gasteiger partial charge in [0.25, 0.3) is 0 Å². The standard InChI is InChI=1S/C14H23NO2/c1-4-8-15-14(13(16)17)7-5-6-12(10-14)9-11(2)3/h1,11-12,15H,5-10H2,2-3H3,(H,16,17). The van der Waals surface area contributed by atoms with Crippen LogP contribution >= 0.6 is 0 Å². The molecule has 1 aliphatic carbocycles. The molecule has 0 amide bonds. The molecular formula is C14H23NO2. The highest BCUT2D eigenvalue weighted by atomic mass is 16.4. The first-order valence-electron chi connectivity index (χ1n) is 6.42. The van der Waals surface area contributed by atoms with E-state index in [0.717, 1.165) is 19.3 Å². The molecule has 2 N–H and O–H groups in total. The van der Waals surface area contributed by atoms with E-state index in [2.05, 4.69) is 25.1 Å². The van der Waals surface area contributed by atoms with Crippen molar-refractivity contribution in [3.8, 4) is 12.3 Å². The summed E-state index contributed by atoms with van der Waals surface area (Å²) in [5.74, 6) is 2.85. The highest BCUT2D eigenvalue weighted by Crippen LogP contribution is 2.36. The normalized spacial score (nSPS) is 28.9. The molecule has 3 heteroatoms. The van der Waals surface area contributed by atoms with Crippen molar-refractivity contribution >= 4 is 5.97 Å². The first-order valence-corrected chi connectivity index (χ1v) is 6.42. The van der Waals surface area contributed by atoms with Crippen LogP contribution in [-0.4, -0.2) is 23.2 Å². The molecule has 0 aromatic carbocycles. The monoisotopic (exact) mass is 237 g/mol. The van der Waals surface area contributed by atoms with E-state index >= 15 is 0 Å². The molecule has 0 aromatic heterocycles. The number of rotatable bonds is 5. The number of carbonyl (C=O) groups is 1. The predicted octanol–water partition coefficient (Wildman–Crippen LogP) is 2.27. The molecule has 0 aromatic rings. The van der Waals surface area contributed by atoms with Crippen LogP contribution in [0.25, 0.3) is 0 Å². The van der Waals surface area contributed by atoms with Crippen molar-refractivity contribution in [2.45, 2.75) is 51.5 Å². The zero-order valence-corrected chi connectivity index (χ0v) is 10.8. The fourth-order valence-corrected chi connectivity index (χ4v) is 2.91. The Hall–Kier alpha value is -1.01. The maximum atomic E-state index is 11.5. The highest BCUT2D eigenvalue weighted by Gasteiger charge is 2.42. The van der Waals surface area contributed by atoms with Gasteiger partial charge in [-0.2, -0.15) is 0 Å². The third-order valence-electron chi connectivity index (χ3n) is 3.60. The predicted molar refractivity (Wildman–Crippen MR) is 68.6 cm³/mol. The van der Waals surface area contributed by atoms with Crippen molar-refractivity contribution in [2.24, 2.45) is 11.8 Å². The molecule has 1 rings (SSSR count). The molecule has 2 atom stereocenters. The van der Waals surface area contributed by atoms with Gasteiger partial charge in [-0.15, -0.1) is 6.42 Å². The largest absolute Gasteiger partial charge is 0.480 e. The third kappa shape index (κ3) is 3.74. The fourth-order valence-electron chi connectivity index (χ4n) is 2.91. The van der Waals surface area contributed by atoms with Crippen LogP contribution in [0.5, 0.6) is 0 Å². The second-order valence-electron chi connectivity index (χ2n) is 5.54. The minimum Gasteiger partial charge on any atom is -0.480 e. The van der Waals surface area contributed by atoms with E-state index in [9.17, 15) is 9.90 Å². The molecule has 0 heterocycles. The Labute approximate surface area is 104 Å². The third-order valence-corrected chi connectivity index (χ3v) is 3.60. The molecule has 17 heavy (non-hydrogen) atoms. The summed E-state index contributed by atoms with van der Waals surface area (Å²) in [6.07, 6.45) is 9.84. The first kappa shape index (κ1) is 14.1. The Morgan fingerprint density at radius 3 is 2.88 bits per heavy atom. The van der Waals surface area contributed by atoms with Crippen LogP contribution in [0.4, 0.5) is 0 Å². The summed E-state index contributed by atoms with van der Waals surface area (Å²) in [4.78, 5) is 11.5. The molecule has 2 unspecified atom stereocenters. The van der Waals surface area contributed by atoms with Gasteiger partial charge in [0.05, 0.1) is 6.54 Å². The van der Waals surface area contributed by atoms with Crippen molar-refractivity contribution in [3.05, 3.63) is 0 Å². The van der Waals surface area contributed by atoms with Gasteiger partial charge in [-0.05, 0) is 31.1 Å². The van der Waals surface area contributed by atoms with Gasteiger partial charge in [-0.1, -0.05) is 32.6 Å². The molecule has 0 radical (unpaired) electrons. The van der Waals surface area contributed by atoms with Gasteiger partial charge in [0.2, 0.25) is 0 Å². The summed E-state index contributed by atoms with van der Waals surface area (Å²) in [6, 6.07) is 0. The molecule has 1 aliphatic rings. The lowest BCUT2D eigenvalue weighted by Crippen LogP contribution is -2.55. The van der Waals surface area contributed by atoms with Crippen molar-refractivity contribution in [1.29, 1.82) is 0 Å². The van der Waals surface area contributed by atoms with Gasteiger partial charge in [0.15, 0.2) is 0 Å². The molecule has 0 saturated heterocycles. The van der Waals surface area contributed by atoms with Gasteiger partial charge in [-0.3, -0.25) is 10.1 Å². The second kappa shape index (κ2) is 6.07. The van der Waals surface area contributed by atoms with Crippen LogP contribution in [0.15, 0.2) is 0 Å². The molecule has 0 spiro atoms. The van der Waals surface area contributed by atoms with E-state index in [4.69, 9.17) is 6.42 Å². The minimum atomic E-state index is -0.788. The summed E-state index contributed by atoms with van der Waals surface area (Å²) in [5, 5.41) is 12.5. The quantitative estimate of drug-likeness (QED) is 0.721. The Morgan fingerprint density at radius 1 is 1.65 bits per heavy atom. The lowest BCUT2D eigenvalue weighted by atomic mass is 9.73. The fraction of sp³-hybridized carbons (Fsp3) is 0.786. The molecule has 3 nitrogen and oxygen atoms in total. The van der Waals surface area contributed by atoms with Gasteiger partial charge < -0.3 is 5.11 Å². The van der Waals surface area contributed by atoms with E-state index < -0.39 is 11.5 Å². The van der Waals surface area contributed by atoms with Gasteiger partial charge >= 0.3 is 5.97 Å². The van der Waals surface area contributed by atoms with Crippen molar-refractivity contribution < 1.29 is 9.90 Å². The average Bonchev–Trinajstić information content (AvgIpc) is 2.25. The summed E-state index contributed by atoms with van der Waals surface area (Å²) < 4.78 is 0. The van der Waals surface area contributed by atoms with Gasteiger partial charge in [-0.25, -0.2) is 0 Å². The summed E-state index contributed by atoms with van der Waals surface area (Å²) in [6.45, 7) is 4.71. The number of terminal acetylenes is 1. The van der Waals surface area contributed by atoms with E-state index in [1.54, 1.807) is 0 Å². The maximum Gasteiger partial charge on any atom is 0.323 e. The highest BCUT2D eigenvalue weighted by molar-refractivity contribution is 5.79. The zero-order valence-electron chi connectivity index (χ0n) is 10.8. The maximum absolute atomic E-state index is 11.5. The summed E-state index contributed by atoms with van der Waals surface area (Å²) in [7, 11) is 0. The van der Waals surface area contributed by atoms with Crippen LogP contribution < -0.4 is 5.32 Å². The molecule has 1 saturated carbocycles. The van der Waals surface area contributed by atoms with Gasteiger partial charge in [0.1, 0.15) is 5.54 Å². The SMILES string of the molecule is C#CCNC1(C(=O)O)CCCC(CC(C)C)C1. The lowest BCUT2D eigenvalue weighted by Gasteiger charge is -2.38. The zero-order chi connectivity index (χ0) is 12.9. The molecule has 1 fully saturated rings. The minimum absolute atomic E-state index is 0.334. The van der Waals surface area contributed by atoms with Crippen LogP contribution in [0, 0.1) is 24.2 Å². The lowest BCUT2D eigenvalue weighted by molar-refractivity contribution is -0.147. The molecular weight excluding hydrogens is 214 g/mol. The molecule has 0 bridgehead atoms. The Balaban J connectivity index is 2.70. The smallest absolute Gasteiger partial charge is 0.323 e.